The largest absolute Gasteiger partial charge is 0.497 e. The van der Waals surface area contributed by atoms with Crippen molar-refractivity contribution >= 4 is 5.91 Å². The van der Waals surface area contributed by atoms with Crippen molar-refractivity contribution in [2.45, 2.75) is 32.4 Å². The highest BCUT2D eigenvalue weighted by atomic mass is 16.5. The van der Waals surface area contributed by atoms with Crippen molar-refractivity contribution in [2.24, 2.45) is 0 Å². The summed E-state index contributed by atoms with van der Waals surface area (Å²) in [6.07, 6.45) is 1.06. The normalized spacial score (nSPS) is 14.7. The minimum atomic E-state index is -0.470. The lowest BCUT2D eigenvalue weighted by Gasteiger charge is -2.31. The van der Waals surface area contributed by atoms with Gasteiger partial charge < -0.3 is 14.4 Å². The molecule has 0 bridgehead atoms. The van der Waals surface area contributed by atoms with Gasteiger partial charge in [0.1, 0.15) is 11.5 Å². The van der Waals surface area contributed by atoms with Crippen LogP contribution in [0.3, 0.4) is 0 Å². The third-order valence-corrected chi connectivity index (χ3v) is 4.41. The molecule has 1 atom stereocenters. The molecule has 0 saturated carbocycles. The average molecular weight is 325 g/mol. The van der Waals surface area contributed by atoms with Crippen LogP contribution in [0.1, 0.15) is 24.5 Å². The van der Waals surface area contributed by atoms with E-state index in [4.69, 9.17) is 9.47 Å². The molecular formula is C20H23NO3. The highest BCUT2D eigenvalue weighted by molar-refractivity contribution is 5.81. The molecule has 1 aliphatic rings. The Morgan fingerprint density at radius 2 is 1.88 bits per heavy atom. The lowest BCUT2D eigenvalue weighted by atomic mass is 9.99. The van der Waals surface area contributed by atoms with Crippen LogP contribution in [0.2, 0.25) is 0 Å². The van der Waals surface area contributed by atoms with Crippen LogP contribution in [0.5, 0.6) is 11.5 Å². The predicted molar refractivity (Wildman–Crippen MR) is 93.3 cm³/mol. The van der Waals surface area contributed by atoms with E-state index in [2.05, 4.69) is 18.2 Å². The van der Waals surface area contributed by atoms with Crippen LogP contribution >= 0.6 is 0 Å². The lowest BCUT2D eigenvalue weighted by molar-refractivity contribution is -0.139. The van der Waals surface area contributed by atoms with Gasteiger partial charge in [0.05, 0.1) is 7.11 Å². The third kappa shape index (κ3) is 3.53. The molecule has 4 nitrogen and oxygen atoms in total. The molecule has 4 heteroatoms. The zero-order valence-corrected chi connectivity index (χ0v) is 14.2. The molecule has 0 saturated heterocycles. The Morgan fingerprint density at radius 3 is 2.62 bits per heavy atom. The highest BCUT2D eigenvalue weighted by Gasteiger charge is 2.27. The molecular weight excluding hydrogens is 302 g/mol. The fourth-order valence-corrected chi connectivity index (χ4v) is 3.03. The van der Waals surface area contributed by atoms with E-state index in [-0.39, 0.29) is 5.91 Å². The van der Waals surface area contributed by atoms with Gasteiger partial charge in [-0.05, 0) is 36.1 Å². The summed E-state index contributed by atoms with van der Waals surface area (Å²) >= 11 is 0. The van der Waals surface area contributed by atoms with Gasteiger partial charge in [-0.3, -0.25) is 4.79 Å². The summed E-state index contributed by atoms with van der Waals surface area (Å²) in [6.45, 7) is 3.38. The standard InChI is InChI=1S/C20H23NO3/c1-3-19(24-18-10-6-9-17(13-18)23-2)20(22)21-12-11-15-7-4-5-8-16(15)14-21/h4-10,13,19H,3,11-12,14H2,1-2H3/t19-/m1/s1. The summed E-state index contributed by atoms with van der Waals surface area (Å²) in [5, 5.41) is 0. The number of ether oxygens (including phenoxy) is 2. The molecule has 1 aliphatic heterocycles. The predicted octanol–water partition coefficient (Wildman–Crippen LogP) is 3.44. The molecule has 0 aliphatic carbocycles. The van der Waals surface area contributed by atoms with Crippen molar-refractivity contribution in [2.75, 3.05) is 13.7 Å². The molecule has 0 aromatic heterocycles. The second kappa shape index (κ2) is 7.39. The molecule has 1 amide bonds. The molecule has 1 heterocycles. The minimum Gasteiger partial charge on any atom is -0.497 e. The van der Waals surface area contributed by atoms with Crippen molar-refractivity contribution in [1.82, 2.24) is 4.90 Å². The van der Waals surface area contributed by atoms with E-state index in [1.165, 1.54) is 11.1 Å². The number of benzene rings is 2. The number of amides is 1. The Hall–Kier alpha value is -2.49. The summed E-state index contributed by atoms with van der Waals surface area (Å²) in [5.41, 5.74) is 2.57. The summed E-state index contributed by atoms with van der Waals surface area (Å²) in [4.78, 5) is 14.8. The zero-order valence-electron chi connectivity index (χ0n) is 14.2. The molecule has 126 valence electrons. The Labute approximate surface area is 143 Å². The molecule has 3 rings (SSSR count). The third-order valence-electron chi connectivity index (χ3n) is 4.41. The van der Waals surface area contributed by atoms with E-state index in [9.17, 15) is 4.79 Å². The number of carbonyl (C=O) groups is 1. The average Bonchev–Trinajstić information content (AvgIpc) is 2.65. The maximum Gasteiger partial charge on any atom is 0.263 e. The summed E-state index contributed by atoms with van der Waals surface area (Å²) in [5.74, 6) is 1.43. The SMILES string of the molecule is CC[C@@H](Oc1cccc(OC)c1)C(=O)N1CCc2ccccc2C1. The Kier molecular flexibility index (Phi) is 5.04. The molecule has 24 heavy (non-hydrogen) atoms. The fraction of sp³-hybridized carbons (Fsp3) is 0.350. The van der Waals surface area contributed by atoms with E-state index in [0.717, 1.165) is 18.7 Å². The van der Waals surface area contributed by atoms with Crippen LogP contribution in [-0.2, 0) is 17.8 Å². The van der Waals surface area contributed by atoms with Crippen LogP contribution in [0.15, 0.2) is 48.5 Å². The van der Waals surface area contributed by atoms with Crippen molar-refractivity contribution in [3.63, 3.8) is 0 Å². The first kappa shape index (κ1) is 16.4. The van der Waals surface area contributed by atoms with Crippen LogP contribution in [-0.4, -0.2) is 30.6 Å². The Bertz CT molecular complexity index is 714. The molecule has 0 radical (unpaired) electrons. The van der Waals surface area contributed by atoms with Gasteiger partial charge in [-0.25, -0.2) is 0 Å². The zero-order chi connectivity index (χ0) is 16.9. The van der Waals surface area contributed by atoms with E-state index < -0.39 is 6.10 Å². The second-order valence-electron chi connectivity index (χ2n) is 5.97. The maximum absolute atomic E-state index is 12.9. The van der Waals surface area contributed by atoms with Crippen molar-refractivity contribution in [3.8, 4) is 11.5 Å². The number of carbonyl (C=O) groups excluding carboxylic acids is 1. The number of rotatable bonds is 5. The number of nitrogens with zero attached hydrogens (tertiary/aromatic N) is 1. The monoisotopic (exact) mass is 325 g/mol. The molecule has 0 N–H and O–H groups in total. The van der Waals surface area contributed by atoms with Gasteiger partial charge in [-0.1, -0.05) is 37.3 Å². The molecule has 2 aromatic rings. The van der Waals surface area contributed by atoms with Gasteiger partial charge in [0, 0.05) is 19.2 Å². The van der Waals surface area contributed by atoms with Crippen molar-refractivity contribution < 1.29 is 14.3 Å². The minimum absolute atomic E-state index is 0.0508. The van der Waals surface area contributed by atoms with Crippen LogP contribution < -0.4 is 9.47 Å². The summed E-state index contributed by atoms with van der Waals surface area (Å²) < 4.78 is 11.1. The fourth-order valence-electron chi connectivity index (χ4n) is 3.03. The van der Waals surface area contributed by atoms with Crippen molar-refractivity contribution in [3.05, 3.63) is 59.7 Å². The van der Waals surface area contributed by atoms with E-state index >= 15 is 0 Å². The first-order valence-electron chi connectivity index (χ1n) is 8.37. The van der Waals surface area contributed by atoms with E-state index in [0.29, 0.717) is 18.7 Å². The lowest BCUT2D eigenvalue weighted by Crippen LogP contribution is -2.44. The Morgan fingerprint density at radius 1 is 1.12 bits per heavy atom. The number of hydrogen-bond acceptors (Lipinski definition) is 3. The molecule has 0 unspecified atom stereocenters. The summed E-state index contributed by atoms with van der Waals surface area (Å²) in [7, 11) is 1.62. The number of fused-ring (bicyclic) bond motifs is 1. The topological polar surface area (TPSA) is 38.8 Å². The highest BCUT2D eigenvalue weighted by Crippen LogP contribution is 2.23. The van der Waals surface area contributed by atoms with Gasteiger partial charge >= 0.3 is 0 Å². The number of hydrogen-bond donors (Lipinski definition) is 0. The van der Waals surface area contributed by atoms with Gasteiger partial charge in [0.25, 0.3) is 5.91 Å². The van der Waals surface area contributed by atoms with Gasteiger partial charge in [0.2, 0.25) is 0 Å². The molecule has 0 fully saturated rings. The van der Waals surface area contributed by atoms with Gasteiger partial charge in [0.15, 0.2) is 6.10 Å². The molecule has 0 spiro atoms. The number of methoxy groups -OCH3 is 1. The van der Waals surface area contributed by atoms with Gasteiger partial charge in [-0.15, -0.1) is 0 Å². The van der Waals surface area contributed by atoms with E-state index in [1.807, 2.05) is 36.1 Å². The van der Waals surface area contributed by atoms with Crippen LogP contribution in [0.25, 0.3) is 0 Å². The van der Waals surface area contributed by atoms with Gasteiger partial charge in [-0.2, -0.15) is 0 Å². The summed E-state index contributed by atoms with van der Waals surface area (Å²) in [6, 6.07) is 15.7. The van der Waals surface area contributed by atoms with Crippen LogP contribution in [0.4, 0.5) is 0 Å². The molecule has 2 aromatic carbocycles. The first-order chi connectivity index (χ1) is 11.7. The smallest absolute Gasteiger partial charge is 0.263 e. The second-order valence-corrected chi connectivity index (χ2v) is 5.97. The van der Waals surface area contributed by atoms with Crippen molar-refractivity contribution in [1.29, 1.82) is 0 Å². The first-order valence-corrected chi connectivity index (χ1v) is 8.37. The maximum atomic E-state index is 12.9. The quantitative estimate of drug-likeness (QED) is 0.845. The van der Waals surface area contributed by atoms with E-state index in [1.54, 1.807) is 13.2 Å². The van der Waals surface area contributed by atoms with Crippen LogP contribution in [0, 0.1) is 0 Å². The Balaban J connectivity index is 1.70.